The maximum absolute atomic E-state index is 12.4. The number of likely N-dealkylation sites (N-methyl/N-ethyl adjacent to an activating group) is 1. The van der Waals surface area contributed by atoms with Crippen molar-refractivity contribution >= 4 is 5.91 Å². The van der Waals surface area contributed by atoms with Crippen LogP contribution in [-0.4, -0.2) is 48.4 Å². The number of likely N-dealkylation sites (tertiary alicyclic amines) is 1. The number of rotatable bonds is 4. The highest BCUT2D eigenvalue weighted by molar-refractivity contribution is 5.78. The monoisotopic (exact) mass is 301 g/mol. The van der Waals surface area contributed by atoms with Gasteiger partial charge < -0.3 is 10.6 Å². The number of carbonyl (C=O) groups excluding carboxylic acids is 1. The lowest BCUT2D eigenvalue weighted by atomic mass is 9.78. The number of hydrogen-bond donors (Lipinski definition) is 1. The van der Waals surface area contributed by atoms with E-state index in [1.807, 2.05) is 30.1 Å². The first kappa shape index (κ1) is 15.5. The van der Waals surface area contributed by atoms with Crippen molar-refractivity contribution in [2.45, 2.75) is 31.8 Å². The summed E-state index contributed by atoms with van der Waals surface area (Å²) >= 11 is 0. The Morgan fingerprint density at radius 1 is 1.27 bits per heavy atom. The molecule has 4 heteroatoms. The topological polar surface area (TPSA) is 49.6 Å². The maximum Gasteiger partial charge on any atom is 0.236 e. The smallest absolute Gasteiger partial charge is 0.236 e. The minimum atomic E-state index is 0.205. The Hall–Kier alpha value is -1.39. The van der Waals surface area contributed by atoms with Gasteiger partial charge in [0.15, 0.2) is 0 Å². The summed E-state index contributed by atoms with van der Waals surface area (Å²) in [6, 6.07) is 10.5. The van der Waals surface area contributed by atoms with E-state index in [9.17, 15) is 4.79 Å². The molecular formula is C18H27N3O. The van der Waals surface area contributed by atoms with Crippen LogP contribution in [0.2, 0.25) is 0 Å². The number of amides is 1. The molecule has 22 heavy (non-hydrogen) atoms. The van der Waals surface area contributed by atoms with Crippen LogP contribution >= 0.6 is 0 Å². The van der Waals surface area contributed by atoms with E-state index in [0.717, 1.165) is 19.5 Å². The van der Waals surface area contributed by atoms with Crippen molar-refractivity contribution in [1.29, 1.82) is 0 Å². The summed E-state index contributed by atoms with van der Waals surface area (Å²) in [6.07, 6.45) is 3.68. The summed E-state index contributed by atoms with van der Waals surface area (Å²) in [4.78, 5) is 16.6. The van der Waals surface area contributed by atoms with Crippen molar-refractivity contribution in [3.8, 4) is 0 Å². The number of fused-ring (bicyclic) bond motifs is 1. The normalized spacial score (nSPS) is 28.4. The lowest BCUT2D eigenvalue weighted by Gasteiger charge is -2.29. The fourth-order valence-corrected chi connectivity index (χ4v) is 4.00. The zero-order valence-corrected chi connectivity index (χ0v) is 13.4. The molecule has 2 N–H and O–H groups in total. The van der Waals surface area contributed by atoms with E-state index in [-0.39, 0.29) is 5.91 Å². The fraction of sp³-hybridized carbons (Fsp3) is 0.611. The second kappa shape index (κ2) is 6.80. The van der Waals surface area contributed by atoms with Gasteiger partial charge in [0, 0.05) is 32.7 Å². The van der Waals surface area contributed by atoms with E-state index >= 15 is 0 Å². The van der Waals surface area contributed by atoms with Gasteiger partial charge in [-0.15, -0.1) is 0 Å². The van der Waals surface area contributed by atoms with E-state index in [4.69, 9.17) is 5.73 Å². The van der Waals surface area contributed by atoms with Gasteiger partial charge in [-0.25, -0.2) is 0 Å². The molecule has 1 amide bonds. The lowest BCUT2D eigenvalue weighted by molar-refractivity contribution is -0.131. The highest BCUT2D eigenvalue weighted by Crippen LogP contribution is 2.35. The molecule has 0 bridgehead atoms. The molecular weight excluding hydrogens is 274 g/mol. The molecule has 1 aromatic rings. The Morgan fingerprint density at radius 3 is 2.77 bits per heavy atom. The molecule has 3 unspecified atom stereocenters. The average molecular weight is 301 g/mol. The minimum Gasteiger partial charge on any atom is -0.340 e. The highest BCUT2D eigenvalue weighted by Gasteiger charge is 2.39. The van der Waals surface area contributed by atoms with Crippen molar-refractivity contribution in [2.24, 2.45) is 17.6 Å². The van der Waals surface area contributed by atoms with Crippen molar-refractivity contribution in [3.05, 3.63) is 35.9 Å². The summed E-state index contributed by atoms with van der Waals surface area (Å²) in [6.45, 7) is 3.25. The molecule has 1 heterocycles. The molecule has 120 valence electrons. The van der Waals surface area contributed by atoms with Gasteiger partial charge in [-0.2, -0.15) is 0 Å². The number of hydrogen-bond acceptors (Lipinski definition) is 3. The second-order valence-electron chi connectivity index (χ2n) is 6.95. The predicted octanol–water partition coefficient (Wildman–Crippen LogP) is 1.70. The minimum absolute atomic E-state index is 0.205. The molecule has 2 fully saturated rings. The zero-order chi connectivity index (χ0) is 15.5. The molecule has 1 aliphatic heterocycles. The average Bonchev–Trinajstić information content (AvgIpc) is 2.92. The van der Waals surface area contributed by atoms with Gasteiger partial charge in [0.25, 0.3) is 0 Å². The van der Waals surface area contributed by atoms with Crippen LogP contribution in [0, 0.1) is 11.8 Å². The van der Waals surface area contributed by atoms with E-state index in [1.165, 1.54) is 18.4 Å². The largest absolute Gasteiger partial charge is 0.340 e. The molecule has 3 atom stereocenters. The molecule has 4 nitrogen and oxygen atoms in total. The van der Waals surface area contributed by atoms with Crippen LogP contribution in [0.25, 0.3) is 0 Å². The van der Waals surface area contributed by atoms with Gasteiger partial charge in [-0.05, 0) is 30.2 Å². The van der Waals surface area contributed by atoms with Crippen molar-refractivity contribution < 1.29 is 4.79 Å². The van der Waals surface area contributed by atoms with Crippen LogP contribution in [0.4, 0.5) is 0 Å². The third-order valence-corrected chi connectivity index (χ3v) is 5.28. The Balaban J connectivity index is 1.51. The Bertz CT molecular complexity index is 504. The van der Waals surface area contributed by atoms with Crippen molar-refractivity contribution in [2.75, 3.05) is 26.7 Å². The summed E-state index contributed by atoms with van der Waals surface area (Å²) in [5.74, 6) is 1.51. The molecule has 1 saturated heterocycles. The van der Waals surface area contributed by atoms with E-state index < -0.39 is 0 Å². The van der Waals surface area contributed by atoms with Crippen molar-refractivity contribution in [3.63, 3.8) is 0 Å². The number of nitrogens with zero attached hydrogens (tertiary/aromatic N) is 2. The van der Waals surface area contributed by atoms with Gasteiger partial charge in [-0.3, -0.25) is 9.69 Å². The SMILES string of the molecule is CN(Cc1ccccc1)C(=O)CN1CC2CCCC(N)C2C1. The number of benzene rings is 1. The molecule has 2 aliphatic rings. The first-order valence-electron chi connectivity index (χ1n) is 8.39. The van der Waals surface area contributed by atoms with Crippen LogP contribution in [0.3, 0.4) is 0 Å². The molecule has 3 rings (SSSR count). The van der Waals surface area contributed by atoms with Gasteiger partial charge in [-0.1, -0.05) is 36.8 Å². The Labute approximate surface area is 133 Å². The molecule has 0 spiro atoms. The molecule has 0 aromatic heterocycles. The van der Waals surface area contributed by atoms with Gasteiger partial charge in [0.2, 0.25) is 5.91 Å². The summed E-state index contributed by atoms with van der Waals surface area (Å²) in [5.41, 5.74) is 7.43. The van der Waals surface area contributed by atoms with E-state index in [1.54, 1.807) is 0 Å². The zero-order valence-electron chi connectivity index (χ0n) is 13.4. The Kier molecular flexibility index (Phi) is 4.79. The van der Waals surface area contributed by atoms with E-state index in [0.29, 0.717) is 31.0 Å². The van der Waals surface area contributed by atoms with Crippen LogP contribution in [0.5, 0.6) is 0 Å². The van der Waals surface area contributed by atoms with Crippen molar-refractivity contribution in [1.82, 2.24) is 9.80 Å². The fourth-order valence-electron chi connectivity index (χ4n) is 4.00. The molecule has 1 aromatic carbocycles. The van der Waals surface area contributed by atoms with Gasteiger partial charge >= 0.3 is 0 Å². The van der Waals surface area contributed by atoms with Crippen LogP contribution in [0.15, 0.2) is 30.3 Å². The molecule has 1 saturated carbocycles. The van der Waals surface area contributed by atoms with Gasteiger partial charge in [0.1, 0.15) is 0 Å². The number of carbonyl (C=O) groups is 1. The molecule has 1 aliphatic carbocycles. The third-order valence-electron chi connectivity index (χ3n) is 5.28. The Morgan fingerprint density at radius 2 is 2.05 bits per heavy atom. The van der Waals surface area contributed by atoms with E-state index in [2.05, 4.69) is 17.0 Å². The second-order valence-corrected chi connectivity index (χ2v) is 6.95. The highest BCUT2D eigenvalue weighted by atomic mass is 16.2. The lowest BCUT2D eigenvalue weighted by Crippen LogP contribution is -2.39. The summed E-state index contributed by atoms with van der Waals surface area (Å²) in [5, 5.41) is 0. The van der Waals surface area contributed by atoms with Crippen LogP contribution in [-0.2, 0) is 11.3 Å². The van der Waals surface area contributed by atoms with Gasteiger partial charge in [0.05, 0.1) is 6.54 Å². The summed E-state index contributed by atoms with van der Waals surface area (Å²) < 4.78 is 0. The third kappa shape index (κ3) is 3.50. The molecule has 0 radical (unpaired) electrons. The number of nitrogens with two attached hydrogens (primary N) is 1. The predicted molar refractivity (Wildman–Crippen MR) is 88.2 cm³/mol. The first-order chi connectivity index (χ1) is 10.6. The summed E-state index contributed by atoms with van der Waals surface area (Å²) in [7, 11) is 1.89. The standard InChI is InChI=1S/C18H27N3O/c1-20(10-14-6-3-2-4-7-14)18(22)13-21-11-15-8-5-9-17(19)16(15)12-21/h2-4,6-7,15-17H,5,8-13,19H2,1H3. The quantitative estimate of drug-likeness (QED) is 0.921. The van der Waals surface area contributed by atoms with Crippen LogP contribution < -0.4 is 5.73 Å². The maximum atomic E-state index is 12.4. The first-order valence-corrected chi connectivity index (χ1v) is 8.39. The van der Waals surface area contributed by atoms with Crippen LogP contribution in [0.1, 0.15) is 24.8 Å².